The number of rotatable bonds is 1. The summed E-state index contributed by atoms with van der Waals surface area (Å²) < 4.78 is 36.5. The van der Waals surface area contributed by atoms with Gasteiger partial charge in [-0.3, -0.25) is 0 Å². The fourth-order valence-corrected chi connectivity index (χ4v) is 0. The van der Waals surface area contributed by atoms with Gasteiger partial charge in [-0.1, -0.05) is 0 Å². The van der Waals surface area contributed by atoms with Crippen LogP contribution < -0.4 is 0 Å². The fraction of sp³-hybridized carbons (Fsp3) is 0. The molecule has 0 heterocycles. The Bertz CT molecular complexity index is 71.6. The molecule has 0 aromatic carbocycles. The summed E-state index contributed by atoms with van der Waals surface area (Å²) in [6.07, 6.45) is 0. The zero-order chi connectivity index (χ0) is 5.21. The molecule has 0 saturated heterocycles. The Morgan fingerprint density at radius 3 is 1.83 bits per heavy atom. The second kappa shape index (κ2) is 1.93. The molecular weight excluding hydrogens is 205 g/mol. The van der Waals surface area contributed by atoms with E-state index in [4.69, 9.17) is 6.77 Å². The molecule has 0 unspecified atom stereocenters. The molecule has 6 heteroatoms. The van der Waals surface area contributed by atoms with E-state index in [1.165, 1.54) is 0 Å². The van der Waals surface area contributed by atoms with E-state index in [2.05, 4.69) is 3.22 Å². The first-order chi connectivity index (χ1) is 2.56. The van der Waals surface area contributed by atoms with E-state index in [0.717, 1.165) is 0 Å². The Morgan fingerprint density at radius 2 is 1.83 bits per heavy atom. The third kappa shape index (κ3) is 4.43. The Balaban J connectivity index is 3.48. The first-order valence-corrected chi connectivity index (χ1v) is 5.29. The summed E-state index contributed by atoms with van der Waals surface area (Å²) in [5.74, 6) is 0. The minimum absolute atomic E-state index is 2.19. The van der Waals surface area contributed by atoms with Crippen LogP contribution in [0, 0.1) is 0 Å². The molecule has 38 valence electrons. The second-order valence-corrected chi connectivity index (χ2v) is 3.75. The van der Waals surface area contributed by atoms with E-state index in [-0.39, 0.29) is 0 Å². The fourth-order valence-electron chi connectivity index (χ4n) is 0. The van der Waals surface area contributed by atoms with E-state index < -0.39 is 20.1 Å². The predicted octanol–water partition coefficient (Wildman–Crippen LogP) is -1.26. The Hall–Kier alpha value is 0.428. The van der Waals surface area contributed by atoms with Crippen molar-refractivity contribution in [2.75, 3.05) is 0 Å². The van der Waals surface area contributed by atoms with Crippen molar-refractivity contribution in [1.82, 2.24) is 0 Å². The average Bonchev–Trinajstić information content (AvgIpc) is 1.35. The van der Waals surface area contributed by atoms with Crippen LogP contribution >= 0.6 is 0 Å². The maximum atomic E-state index is 10.3. The van der Waals surface area contributed by atoms with Gasteiger partial charge in [0.1, 0.15) is 0 Å². The Morgan fingerprint density at radius 1 is 1.67 bits per heavy atom. The van der Waals surface area contributed by atoms with Crippen LogP contribution in [-0.4, -0.2) is 26.8 Å². The predicted molar refractivity (Wildman–Crippen MR) is 13.1 cm³/mol. The summed E-state index contributed by atoms with van der Waals surface area (Å²) in [5, 5.41) is 0. The maximum absolute atomic E-state index is 10.3. The van der Waals surface area contributed by atoms with E-state index in [1.54, 1.807) is 0 Å². The quantitative estimate of drug-likeness (QED) is 0.526. The molecule has 0 rings (SSSR count). The first kappa shape index (κ1) is 6.43. The molecule has 6 heavy (non-hydrogen) atoms. The molecule has 4 nitrogen and oxygen atoms in total. The van der Waals surface area contributed by atoms with Crippen molar-refractivity contribution in [3.63, 3.8) is 0 Å². The second-order valence-electron chi connectivity index (χ2n) is 0.560. The SMILES string of the molecule is [O]=[Sb]([OH])([OH])[O]F. The van der Waals surface area contributed by atoms with E-state index in [0.29, 0.717) is 0 Å². The van der Waals surface area contributed by atoms with Crippen LogP contribution in [-0.2, 0) is 6.24 Å². The van der Waals surface area contributed by atoms with Crippen LogP contribution in [0.15, 0.2) is 0 Å². The van der Waals surface area contributed by atoms with Gasteiger partial charge in [0.05, 0.1) is 0 Å². The Kier molecular flexibility index (Phi) is 2.07. The average molecular weight is 207 g/mol. The summed E-state index contributed by atoms with van der Waals surface area (Å²) in [6.45, 7) is 0. The number of halogens is 1. The monoisotopic (exact) mass is 206 g/mol. The molecule has 0 aliphatic carbocycles. The van der Waals surface area contributed by atoms with Crippen LogP contribution in [0.2, 0.25) is 0 Å². The van der Waals surface area contributed by atoms with Crippen LogP contribution in [0.25, 0.3) is 0 Å². The summed E-state index contributed by atoms with van der Waals surface area (Å²) >= 11 is -5.56. The normalized spacial score (nSPS) is 11.8. The molecule has 0 amide bonds. The van der Waals surface area contributed by atoms with Crippen LogP contribution in [0.3, 0.4) is 0 Å². The van der Waals surface area contributed by atoms with Gasteiger partial charge in [0.15, 0.2) is 0 Å². The van der Waals surface area contributed by atoms with Gasteiger partial charge in [-0.2, -0.15) is 0 Å². The van der Waals surface area contributed by atoms with Gasteiger partial charge in [-0.25, -0.2) is 0 Å². The van der Waals surface area contributed by atoms with Gasteiger partial charge < -0.3 is 0 Å². The zero-order valence-corrected chi connectivity index (χ0v) is 5.09. The van der Waals surface area contributed by atoms with E-state index in [1.807, 2.05) is 0 Å². The molecule has 0 aromatic heterocycles. The van der Waals surface area contributed by atoms with Crippen molar-refractivity contribution in [3.8, 4) is 0 Å². The molecule has 0 spiro atoms. The standard InChI is InChI=1S/FO.2H2O.O.Sb/c1-2;;;;/h;2*1H2;;/q-1;;;;+3/p-2. The molecule has 0 aliphatic rings. The van der Waals surface area contributed by atoms with Crippen LogP contribution in [0.5, 0.6) is 0 Å². The van der Waals surface area contributed by atoms with Crippen LogP contribution in [0.4, 0.5) is 4.53 Å². The van der Waals surface area contributed by atoms with Crippen molar-refractivity contribution in [2.45, 2.75) is 0 Å². The van der Waals surface area contributed by atoms with Crippen molar-refractivity contribution in [1.29, 1.82) is 0 Å². The van der Waals surface area contributed by atoms with Gasteiger partial charge in [0, 0.05) is 0 Å². The van der Waals surface area contributed by atoms with Gasteiger partial charge in [-0.15, -0.1) is 0 Å². The van der Waals surface area contributed by atoms with Crippen molar-refractivity contribution < 1.29 is 17.5 Å². The molecule has 0 aliphatic heterocycles. The first-order valence-electron chi connectivity index (χ1n) is 0.919. The molecule has 0 fully saturated rings. The van der Waals surface area contributed by atoms with Gasteiger partial charge in [0.25, 0.3) is 0 Å². The van der Waals surface area contributed by atoms with E-state index >= 15 is 0 Å². The summed E-state index contributed by atoms with van der Waals surface area (Å²) in [7, 11) is 0. The molecule has 0 saturated carbocycles. The number of hydrogen-bond donors (Lipinski definition) is 2. The molecule has 2 N–H and O–H groups in total. The summed E-state index contributed by atoms with van der Waals surface area (Å²) in [4.78, 5) is 0. The van der Waals surface area contributed by atoms with Crippen molar-refractivity contribution >= 4 is 20.1 Å². The van der Waals surface area contributed by atoms with Crippen LogP contribution in [0.1, 0.15) is 0 Å². The number of hydrogen-bond acceptors (Lipinski definition) is 2. The molecule has 0 bridgehead atoms. The zero-order valence-electron chi connectivity index (χ0n) is 2.54. The van der Waals surface area contributed by atoms with Gasteiger partial charge in [-0.05, 0) is 0 Å². The van der Waals surface area contributed by atoms with Gasteiger partial charge >= 0.3 is 37.6 Å². The van der Waals surface area contributed by atoms with Gasteiger partial charge in [0.2, 0.25) is 0 Å². The van der Waals surface area contributed by atoms with E-state index in [9.17, 15) is 7.54 Å². The van der Waals surface area contributed by atoms with Crippen molar-refractivity contribution in [3.05, 3.63) is 0 Å². The molecule has 0 atom stereocenters. The third-order valence-corrected chi connectivity index (χ3v) is 0.603. The Labute approximate surface area is 38.1 Å². The molecule has 0 radical (unpaired) electrons. The molecular formula is H2FO4Sb. The third-order valence-electron chi connectivity index (χ3n) is 0.0899. The molecule has 0 aromatic rings. The minimum atomic E-state index is -5.56. The van der Waals surface area contributed by atoms with Crippen molar-refractivity contribution in [2.24, 2.45) is 0 Å². The topological polar surface area (TPSA) is 66.8 Å². The summed E-state index contributed by atoms with van der Waals surface area (Å²) in [5.41, 5.74) is 0. The summed E-state index contributed by atoms with van der Waals surface area (Å²) in [6, 6.07) is 0.